The second-order valence-electron chi connectivity index (χ2n) is 9.31. The van der Waals surface area contributed by atoms with E-state index in [1.54, 1.807) is 49.6 Å². The van der Waals surface area contributed by atoms with Gasteiger partial charge in [-0.3, -0.25) is 14.4 Å². The maximum Gasteiger partial charge on any atom is 0.247 e. The summed E-state index contributed by atoms with van der Waals surface area (Å²) in [6, 6.07) is 22.1. The zero-order valence-corrected chi connectivity index (χ0v) is 22.3. The first-order valence-corrected chi connectivity index (χ1v) is 13.0. The smallest absolute Gasteiger partial charge is 0.247 e. The van der Waals surface area contributed by atoms with Crippen LogP contribution in [0.15, 0.2) is 100 Å². The van der Waals surface area contributed by atoms with Crippen molar-refractivity contribution in [3.8, 4) is 0 Å². The fraction of sp³-hybridized carbons (Fsp3) is 0.219. The van der Waals surface area contributed by atoms with Gasteiger partial charge in [0.15, 0.2) is 5.43 Å². The van der Waals surface area contributed by atoms with Gasteiger partial charge in [0.2, 0.25) is 11.8 Å². The van der Waals surface area contributed by atoms with E-state index in [0.717, 1.165) is 5.56 Å². The van der Waals surface area contributed by atoms with Gasteiger partial charge in [0.1, 0.15) is 17.9 Å². The van der Waals surface area contributed by atoms with Crippen LogP contribution in [0.5, 0.6) is 0 Å². The Hall–Kier alpha value is -4.56. The lowest BCUT2D eigenvalue weighted by molar-refractivity contribution is -0.139. The number of hydrogen-bond acceptors (Lipinski definition) is 5. The molecule has 0 atom stereocenters. The highest BCUT2D eigenvalue weighted by Crippen LogP contribution is 2.15. The van der Waals surface area contributed by atoms with E-state index in [9.17, 15) is 18.8 Å². The molecule has 0 spiro atoms. The highest BCUT2D eigenvalue weighted by Gasteiger charge is 2.22. The van der Waals surface area contributed by atoms with Crippen molar-refractivity contribution in [3.05, 3.63) is 124 Å². The Morgan fingerprint density at radius 1 is 0.925 bits per heavy atom. The van der Waals surface area contributed by atoms with Gasteiger partial charge < -0.3 is 19.0 Å². The fourth-order valence-corrected chi connectivity index (χ4v) is 4.24. The van der Waals surface area contributed by atoms with Gasteiger partial charge in [-0.05, 0) is 47.9 Å². The maximum absolute atomic E-state index is 13.7. The number of nitrogens with zero attached hydrogens (tertiary/aromatic N) is 2. The van der Waals surface area contributed by atoms with E-state index in [2.05, 4.69) is 0 Å². The molecule has 0 saturated heterocycles. The molecular weight excluding hydrogens is 511 g/mol. The van der Waals surface area contributed by atoms with Crippen LogP contribution in [0.1, 0.15) is 23.1 Å². The molecule has 206 valence electrons. The number of hydrogen-bond donors (Lipinski definition) is 0. The van der Waals surface area contributed by atoms with Crippen molar-refractivity contribution in [2.45, 2.75) is 19.5 Å². The van der Waals surface area contributed by atoms with Crippen molar-refractivity contribution in [3.63, 3.8) is 0 Å². The molecule has 0 bridgehead atoms. The third-order valence-electron chi connectivity index (χ3n) is 6.38. The minimum atomic E-state index is -0.392. The van der Waals surface area contributed by atoms with E-state index in [4.69, 9.17) is 9.15 Å². The van der Waals surface area contributed by atoms with Gasteiger partial charge in [-0.2, -0.15) is 0 Å². The molecule has 40 heavy (non-hydrogen) atoms. The van der Waals surface area contributed by atoms with Crippen molar-refractivity contribution in [1.29, 1.82) is 0 Å². The number of halogens is 1. The number of carbonyl (C=O) groups is 2. The number of rotatable bonds is 12. The number of benzene rings is 3. The molecular formula is C32H31FN2O5. The lowest BCUT2D eigenvalue weighted by Gasteiger charge is -2.27. The largest absolute Gasteiger partial charge is 0.464 e. The molecule has 1 aromatic heterocycles. The summed E-state index contributed by atoms with van der Waals surface area (Å²) in [7, 11) is 1.58. The summed E-state index contributed by atoms with van der Waals surface area (Å²) in [5.74, 6) is -1.08. The van der Waals surface area contributed by atoms with Crippen molar-refractivity contribution in [1.82, 2.24) is 9.80 Å². The van der Waals surface area contributed by atoms with Crippen LogP contribution < -0.4 is 5.43 Å². The van der Waals surface area contributed by atoms with E-state index in [-0.39, 0.29) is 36.9 Å². The Labute approximate surface area is 232 Å². The predicted octanol–water partition coefficient (Wildman–Crippen LogP) is 5.04. The molecule has 0 fully saturated rings. The summed E-state index contributed by atoms with van der Waals surface area (Å²) in [6.45, 7) is 0.605. The lowest BCUT2D eigenvalue weighted by atomic mass is 10.1. The number of carbonyl (C=O) groups excluding carboxylic acids is 2. The minimum absolute atomic E-state index is 0.0384. The number of para-hydroxylation sites is 1. The quantitative estimate of drug-likeness (QED) is 0.185. The molecule has 0 aliphatic rings. The van der Waals surface area contributed by atoms with Crippen molar-refractivity contribution in [2.24, 2.45) is 0 Å². The first kappa shape index (κ1) is 28.4. The van der Waals surface area contributed by atoms with E-state index in [1.165, 1.54) is 34.3 Å². The van der Waals surface area contributed by atoms with E-state index in [0.29, 0.717) is 41.7 Å². The van der Waals surface area contributed by atoms with Crippen LogP contribution in [0, 0.1) is 5.82 Å². The average molecular weight is 543 g/mol. The molecule has 8 heteroatoms. The molecule has 4 aromatic rings. The maximum atomic E-state index is 13.7. The highest BCUT2D eigenvalue weighted by molar-refractivity contribution is 5.94. The Morgan fingerprint density at radius 3 is 2.40 bits per heavy atom. The van der Waals surface area contributed by atoms with Crippen LogP contribution in [0.4, 0.5) is 4.39 Å². The molecule has 0 unspecified atom stereocenters. The normalized spacial score (nSPS) is 11.2. The van der Waals surface area contributed by atoms with Crippen LogP contribution in [0.25, 0.3) is 17.0 Å². The van der Waals surface area contributed by atoms with Crippen LogP contribution in [0.2, 0.25) is 0 Å². The number of ether oxygens (including phenoxy) is 1. The van der Waals surface area contributed by atoms with Crippen LogP contribution >= 0.6 is 0 Å². The summed E-state index contributed by atoms with van der Waals surface area (Å²) in [6.07, 6.45) is 5.05. The van der Waals surface area contributed by atoms with Gasteiger partial charge in [-0.15, -0.1) is 0 Å². The van der Waals surface area contributed by atoms with E-state index < -0.39 is 5.82 Å². The Morgan fingerprint density at radius 2 is 1.65 bits per heavy atom. The van der Waals surface area contributed by atoms with Gasteiger partial charge >= 0.3 is 0 Å². The summed E-state index contributed by atoms with van der Waals surface area (Å²) in [4.78, 5) is 42.9. The summed E-state index contributed by atoms with van der Waals surface area (Å²) in [5, 5.41) is 0.414. The number of methoxy groups -OCH3 is 1. The molecule has 0 saturated carbocycles. The molecule has 0 aliphatic carbocycles. The van der Waals surface area contributed by atoms with Crippen molar-refractivity contribution >= 4 is 28.9 Å². The minimum Gasteiger partial charge on any atom is -0.464 e. The first-order valence-electron chi connectivity index (χ1n) is 13.0. The zero-order valence-electron chi connectivity index (χ0n) is 22.3. The third-order valence-corrected chi connectivity index (χ3v) is 6.38. The summed E-state index contributed by atoms with van der Waals surface area (Å²) < 4.78 is 24.3. The van der Waals surface area contributed by atoms with Crippen LogP contribution in [0.3, 0.4) is 0 Å². The van der Waals surface area contributed by atoms with Crippen molar-refractivity contribution in [2.75, 3.05) is 26.8 Å². The SMILES string of the molecule is COCCCN(CC(=O)N(Cc1ccc(F)cc1)Cc1coc2ccccc2c1=O)C(=O)C=Cc1ccccc1. The third kappa shape index (κ3) is 7.74. The van der Waals surface area contributed by atoms with Gasteiger partial charge in [0, 0.05) is 32.9 Å². The number of amides is 2. The Kier molecular flexibility index (Phi) is 9.96. The van der Waals surface area contributed by atoms with Gasteiger partial charge in [0.05, 0.1) is 23.8 Å². The monoisotopic (exact) mass is 542 g/mol. The van der Waals surface area contributed by atoms with Crippen molar-refractivity contribution < 1.29 is 23.1 Å². The van der Waals surface area contributed by atoms with Crippen LogP contribution in [-0.2, 0) is 27.4 Å². The molecule has 0 N–H and O–H groups in total. The fourth-order valence-electron chi connectivity index (χ4n) is 4.24. The molecule has 0 aliphatic heterocycles. The van der Waals surface area contributed by atoms with Gasteiger partial charge in [-0.25, -0.2) is 4.39 Å². The standard InChI is InChI=1S/C32H31FN2O5/c1-39-19-7-18-34(30(36)17-14-24-8-3-2-4-9-24)22-31(37)35(20-25-12-15-27(33)16-13-25)21-26-23-40-29-11-6-5-10-28(29)32(26)38/h2-6,8-17,23H,7,18-22H2,1H3. The topological polar surface area (TPSA) is 80.1 Å². The van der Waals surface area contributed by atoms with Crippen LogP contribution in [-0.4, -0.2) is 48.4 Å². The molecule has 1 heterocycles. The predicted molar refractivity (Wildman–Crippen MR) is 152 cm³/mol. The van der Waals surface area contributed by atoms with Gasteiger partial charge in [-0.1, -0.05) is 54.6 Å². The molecule has 0 radical (unpaired) electrons. The molecule has 2 amide bonds. The second-order valence-corrected chi connectivity index (χ2v) is 9.31. The Bertz CT molecular complexity index is 1520. The highest BCUT2D eigenvalue weighted by atomic mass is 19.1. The molecule has 7 nitrogen and oxygen atoms in total. The van der Waals surface area contributed by atoms with Gasteiger partial charge in [0.25, 0.3) is 0 Å². The Balaban J connectivity index is 1.59. The summed E-state index contributed by atoms with van der Waals surface area (Å²) in [5.41, 5.74) is 2.06. The van der Waals surface area contributed by atoms with E-state index in [1.807, 2.05) is 30.3 Å². The molecule has 4 rings (SSSR count). The average Bonchev–Trinajstić information content (AvgIpc) is 2.98. The second kappa shape index (κ2) is 14.0. The van der Waals surface area contributed by atoms with E-state index >= 15 is 0 Å². The first-order chi connectivity index (χ1) is 19.4. The summed E-state index contributed by atoms with van der Waals surface area (Å²) >= 11 is 0. The lowest BCUT2D eigenvalue weighted by Crippen LogP contribution is -2.43. The zero-order chi connectivity index (χ0) is 28.3. The molecule has 3 aromatic carbocycles. The number of fused-ring (bicyclic) bond motifs is 1.